The molecule has 5 heteroatoms. The van der Waals surface area contributed by atoms with Crippen LogP contribution in [0.3, 0.4) is 0 Å². The summed E-state index contributed by atoms with van der Waals surface area (Å²) in [5.74, 6) is 0.327. The normalized spacial score (nSPS) is 16.6. The lowest BCUT2D eigenvalue weighted by molar-refractivity contribution is -0.134. The molecule has 0 bridgehead atoms. The fraction of sp³-hybridized carbons (Fsp3) is 0.750. The number of nitrogens with zero attached hydrogens (tertiary/aromatic N) is 4. The summed E-state index contributed by atoms with van der Waals surface area (Å²) < 4.78 is 1.86. The highest BCUT2D eigenvalue weighted by molar-refractivity contribution is 5.78. The molecular weight excluding hydrogens is 216 g/mol. The SMILES string of the molecule is CC(C)C(=O)N1CCCc2c(nnn2C)CC1. The van der Waals surface area contributed by atoms with Crippen molar-refractivity contribution in [2.24, 2.45) is 13.0 Å². The van der Waals surface area contributed by atoms with Crippen LogP contribution in [0.1, 0.15) is 31.7 Å². The maximum absolute atomic E-state index is 12.0. The van der Waals surface area contributed by atoms with Gasteiger partial charge in [-0.1, -0.05) is 19.1 Å². The van der Waals surface area contributed by atoms with Crippen molar-refractivity contribution in [3.63, 3.8) is 0 Å². The van der Waals surface area contributed by atoms with Gasteiger partial charge in [-0.15, -0.1) is 5.10 Å². The second kappa shape index (κ2) is 4.85. The minimum atomic E-state index is 0.0794. The number of fused-ring (bicyclic) bond motifs is 1. The molecule has 1 aromatic rings. The van der Waals surface area contributed by atoms with Gasteiger partial charge in [0, 0.05) is 32.5 Å². The molecule has 1 amide bonds. The second-order valence-electron chi connectivity index (χ2n) is 4.94. The monoisotopic (exact) mass is 236 g/mol. The lowest BCUT2D eigenvalue weighted by Crippen LogP contribution is -2.38. The van der Waals surface area contributed by atoms with Crippen LogP contribution in [0.4, 0.5) is 0 Å². The lowest BCUT2D eigenvalue weighted by Gasteiger charge is -2.26. The smallest absolute Gasteiger partial charge is 0.225 e. The van der Waals surface area contributed by atoms with E-state index in [1.165, 1.54) is 5.69 Å². The predicted molar refractivity (Wildman–Crippen MR) is 64.4 cm³/mol. The Balaban J connectivity index is 2.09. The van der Waals surface area contributed by atoms with Crippen LogP contribution >= 0.6 is 0 Å². The zero-order valence-electron chi connectivity index (χ0n) is 10.8. The molecule has 1 aromatic heterocycles. The average Bonchev–Trinajstić information content (AvgIpc) is 2.58. The van der Waals surface area contributed by atoms with Crippen LogP contribution in [0, 0.1) is 5.92 Å². The van der Waals surface area contributed by atoms with Gasteiger partial charge in [0.1, 0.15) is 0 Å². The highest BCUT2D eigenvalue weighted by Gasteiger charge is 2.21. The van der Waals surface area contributed by atoms with Gasteiger partial charge in [0.15, 0.2) is 0 Å². The van der Waals surface area contributed by atoms with E-state index in [4.69, 9.17) is 0 Å². The fourth-order valence-corrected chi connectivity index (χ4v) is 2.30. The van der Waals surface area contributed by atoms with Gasteiger partial charge in [-0.25, -0.2) is 0 Å². The summed E-state index contributed by atoms with van der Waals surface area (Å²) in [7, 11) is 1.93. The number of carbonyl (C=O) groups is 1. The lowest BCUT2D eigenvalue weighted by atomic mass is 10.1. The molecular formula is C12H20N4O. The number of aryl methyl sites for hydroxylation is 1. The summed E-state index contributed by atoms with van der Waals surface area (Å²) in [5, 5.41) is 8.22. The third-order valence-electron chi connectivity index (χ3n) is 3.29. The standard InChI is InChI=1S/C12H20N4O/c1-9(2)12(17)16-7-4-5-11-10(6-8-16)13-14-15(11)3/h9H,4-8H2,1-3H3. The van der Waals surface area contributed by atoms with Crippen LogP contribution in [-0.4, -0.2) is 38.9 Å². The van der Waals surface area contributed by atoms with Crippen LogP contribution in [0.5, 0.6) is 0 Å². The number of hydrogen-bond donors (Lipinski definition) is 0. The largest absolute Gasteiger partial charge is 0.342 e. The minimum absolute atomic E-state index is 0.0794. The molecule has 1 aliphatic heterocycles. The molecule has 1 aliphatic rings. The summed E-state index contributed by atoms with van der Waals surface area (Å²) >= 11 is 0. The number of rotatable bonds is 1. The van der Waals surface area contributed by atoms with Gasteiger partial charge in [-0.3, -0.25) is 9.48 Å². The molecule has 0 saturated carbocycles. The van der Waals surface area contributed by atoms with Crippen LogP contribution in [0.15, 0.2) is 0 Å². The Morgan fingerprint density at radius 1 is 1.29 bits per heavy atom. The first-order valence-electron chi connectivity index (χ1n) is 6.26. The summed E-state index contributed by atoms with van der Waals surface area (Å²) in [4.78, 5) is 13.9. The van der Waals surface area contributed by atoms with Gasteiger partial charge in [0.05, 0.1) is 11.4 Å². The van der Waals surface area contributed by atoms with Crippen LogP contribution in [0.25, 0.3) is 0 Å². The quantitative estimate of drug-likeness (QED) is 0.724. The van der Waals surface area contributed by atoms with Crippen molar-refractivity contribution in [3.05, 3.63) is 11.4 Å². The first kappa shape index (κ1) is 12.1. The molecule has 0 atom stereocenters. The predicted octanol–water partition coefficient (Wildman–Crippen LogP) is 0.788. The molecule has 2 rings (SSSR count). The van der Waals surface area contributed by atoms with Crippen molar-refractivity contribution in [1.82, 2.24) is 19.9 Å². The molecule has 0 fully saturated rings. The van der Waals surface area contributed by atoms with E-state index in [0.717, 1.165) is 38.0 Å². The Kier molecular flexibility index (Phi) is 3.45. The Bertz CT molecular complexity index is 411. The molecule has 94 valence electrons. The number of amides is 1. The molecule has 0 radical (unpaired) electrons. The van der Waals surface area contributed by atoms with Crippen LogP contribution in [0.2, 0.25) is 0 Å². The molecule has 0 aromatic carbocycles. The van der Waals surface area contributed by atoms with Crippen molar-refractivity contribution in [2.75, 3.05) is 13.1 Å². The highest BCUT2D eigenvalue weighted by atomic mass is 16.2. The first-order valence-corrected chi connectivity index (χ1v) is 6.26. The summed E-state index contributed by atoms with van der Waals surface area (Å²) in [5.41, 5.74) is 2.27. The van der Waals surface area contributed by atoms with Crippen LogP contribution in [-0.2, 0) is 24.7 Å². The number of aromatic nitrogens is 3. The van der Waals surface area contributed by atoms with Crippen molar-refractivity contribution in [3.8, 4) is 0 Å². The van der Waals surface area contributed by atoms with Gasteiger partial charge < -0.3 is 4.90 Å². The first-order chi connectivity index (χ1) is 8.09. The Labute approximate surface area is 102 Å². The van der Waals surface area contributed by atoms with E-state index in [9.17, 15) is 4.79 Å². The van der Waals surface area contributed by atoms with Crippen molar-refractivity contribution >= 4 is 5.91 Å². The minimum Gasteiger partial charge on any atom is -0.342 e. The molecule has 0 spiro atoms. The summed E-state index contributed by atoms with van der Waals surface area (Å²) in [6.07, 6.45) is 2.77. The second-order valence-corrected chi connectivity index (χ2v) is 4.94. The fourth-order valence-electron chi connectivity index (χ4n) is 2.30. The summed E-state index contributed by atoms with van der Waals surface area (Å²) in [6, 6.07) is 0. The molecule has 17 heavy (non-hydrogen) atoms. The maximum atomic E-state index is 12.0. The average molecular weight is 236 g/mol. The van der Waals surface area contributed by atoms with Gasteiger partial charge in [-0.05, 0) is 12.8 Å². The van der Waals surface area contributed by atoms with E-state index in [2.05, 4.69) is 10.3 Å². The third-order valence-corrected chi connectivity index (χ3v) is 3.29. The van der Waals surface area contributed by atoms with E-state index in [0.29, 0.717) is 0 Å². The number of carbonyl (C=O) groups excluding carboxylic acids is 1. The van der Waals surface area contributed by atoms with Gasteiger partial charge in [-0.2, -0.15) is 0 Å². The van der Waals surface area contributed by atoms with Crippen molar-refractivity contribution in [1.29, 1.82) is 0 Å². The Hall–Kier alpha value is -1.39. The van der Waals surface area contributed by atoms with Gasteiger partial charge >= 0.3 is 0 Å². The molecule has 0 aliphatic carbocycles. The molecule has 0 saturated heterocycles. The zero-order chi connectivity index (χ0) is 12.4. The molecule has 0 unspecified atom stereocenters. The summed E-state index contributed by atoms with van der Waals surface area (Å²) in [6.45, 7) is 5.52. The zero-order valence-corrected chi connectivity index (χ0v) is 10.8. The van der Waals surface area contributed by atoms with E-state index in [1.807, 2.05) is 30.5 Å². The topological polar surface area (TPSA) is 51.0 Å². The molecule has 2 heterocycles. The van der Waals surface area contributed by atoms with E-state index in [1.54, 1.807) is 0 Å². The van der Waals surface area contributed by atoms with E-state index >= 15 is 0 Å². The highest BCUT2D eigenvalue weighted by Crippen LogP contribution is 2.14. The number of hydrogen-bond acceptors (Lipinski definition) is 3. The van der Waals surface area contributed by atoms with Crippen molar-refractivity contribution in [2.45, 2.75) is 33.1 Å². The molecule has 0 N–H and O–H groups in total. The Morgan fingerprint density at radius 2 is 2.06 bits per heavy atom. The van der Waals surface area contributed by atoms with Crippen molar-refractivity contribution < 1.29 is 4.79 Å². The van der Waals surface area contributed by atoms with Gasteiger partial charge in [0.2, 0.25) is 5.91 Å². The van der Waals surface area contributed by atoms with Gasteiger partial charge in [0.25, 0.3) is 0 Å². The maximum Gasteiger partial charge on any atom is 0.225 e. The molecule has 5 nitrogen and oxygen atoms in total. The third kappa shape index (κ3) is 2.48. The van der Waals surface area contributed by atoms with E-state index < -0.39 is 0 Å². The Morgan fingerprint density at radius 3 is 2.76 bits per heavy atom. The van der Waals surface area contributed by atoms with Crippen LogP contribution < -0.4 is 0 Å². The van der Waals surface area contributed by atoms with E-state index in [-0.39, 0.29) is 11.8 Å².